The minimum atomic E-state index is -0.732. The second-order valence-electron chi connectivity index (χ2n) is 4.82. The first-order valence-corrected chi connectivity index (χ1v) is 6.45. The monoisotopic (exact) mass is 282 g/mol. The third kappa shape index (κ3) is 3.82. The van der Waals surface area contributed by atoms with Gasteiger partial charge in [-0.05, 0) is 31.2 Å². The van der Waals surface area contributed by atoms with Crippen LogP contribution in [0.25, 0.3) is 0 Å². The first-order chi connectivity index (χ1) is 9.10. The standard InChI is InChI=1S/C13H18N2O4.CH4/c1-19-12(16)3-2-6-15-8-10-7-9(13(17)18)4-5-11(10)14-15;/h8-9H,2-7H2,1H3,(H,17,18);1H4. The Morgan fingerprint density at radius 3 is 2.95 bits per heavy atom. The van der Waals surface area contributed by atoms with Gasteiger partial charge in [-0.25, -0.2) is 0 Å². The SMILES string of the molecule is C.COC(=O)CCCn1cc2c(n1)CCC(C(=O)O)C2. The Morgan fingerprint density at radius 1 is 1.55 bits per heavy atom. The molecule has 1 atom stereocenters. The normalized spacial score (nSPS) is 16.9. The lowest BCUT2D eigenvalue weighted by molar-refractivity contribution is -0.142. The van der Waals surface area contributed by atoms with E-state index >= 15 is 0 Å². The summed E-state index contributed by atoms with van der Waals surface area (Å²) in [6.45, 7) is 0.653. The summed E-state index contributed by atoms with van der Waals surface area (Å²) in [5.74, 6) is -1.24. The van der Waals surface area contributed by atoms with Crippen molar-refractivity contribution in [3.05, 3.63) is 17.5 Å². The number of ether oxygens (including phenoxy) is 1. The summed E-state index contributed by atoms with van der Waals surface area (Å²) in [5.41, 5.74) is 2.02. The average Bonchev–Trinajstić information content (AvgIpc) is 2.79. The van der Waals surface area contributed by atoms with Crippen molar-refractivity contribution in [2.75, 3.05) is 7.11 Å². The number of carboxylic acids is 1. The number of carboxylic acid groups (broad SMARTS) is 1. The Kier molecular flexibility index (Phi) is 5.73. The smallest absolute Gasteiger partial charge is 0.306 e. The summed E-state index contributed by atoms with van der Waals surface area (Å²) in [7, 11) is 1.38. The molecule has 20 heavy (non-hydrogen) atoms. The molecule has 1 aliphatic rings. The highest BCUT2D eigenvalue weighted by molar-refractivity contribution is 5.71. The molecule has 0 spiro atoms. The highest BCUT2D eigenvalue weighted by Gasteiger charge is 2.26. The molecule has 112 valence electrons. The first-order valence-electron chi connectivity index (χ1n) is 6.45. The zero-order chi connectivity index (χ0) is 13.8. The molecule has 0 amide bonds. The second kappa shape index (κ2) is 7.07. The van der Waals surface area contributed by atoms with Crippen molar-refractivity contribution >= 4 is 11.9 Å². The lowest BCUT2D eigenvalue weighted by atomic mass is 9.88. The number of hydrogen-bond donors (Lipinski definition) is 1. The highest BCUT2D eigenvalue weighted by Crippen LogP contribution is 2.24. The fourth-order valence-corrected chi connectivity index (χ4v) is 2.37. The molecule has 0 saturated carbocycles. The number of aryl methyl sites for hydroxylation is 2. The number of esters is 1. The molecule has 1 aliphatic carbocycles. The molecule has 0 bridgehead atoms. The van der Waals surface area contributed by atoms with E-state index in [0.29, 0.717) is 32.2 Å². The van der Waals surface area contributed by atoms with Crippen molar-refractivity contribution in [2.24, 2.45) is 5.92 Å². The van der Waals surface area contributed by atoms with Crippen molar-refractivity contribution in [1.29, 1.82) is 0 Å². The Hall–Kier alpha value is -1.85. The van der Waals surface area contributed by atoms with Gasteiger partial charge in [-0.3, -0.25) is 14.3 Å². The van der Waals surface area contributed by atoms with Gasteiger partial charge < -0.3 is 9.84 Å². The van der Waals surface area contributed by atoms with Crippen LogP contribution in [0.1, 0.15) is 37.9 Å². The highest BCUT2D eigenvalue weighted by atomic mass is 16.5. The van der Waals surface area contributed by atoms with E-state index in [1.807, 2.05) is 6.20 Å². The zero-order valence-electron chi connectivity index (χ0n) is 11.0. The van der Waals surface area contributed by atoms with Crippen molar-refractivity contribution in [2.45, 2.75) is 46.1 Å². The number of aromatic nitrogens is 2. The van der Waals surface area contributed by atoms with E-state index < -0.39 is 5.97 Å². The van der Waals surface area contributed by atoms with Crippen molar-refractivity contribution < 1.29 is 19.4 Å². The van der Waals surface area contributed by atoms with Crippen LogP contribution < -0.4 is 0 Å². The molecule has 1 unspecified atom stereocenters. The van der Waals surface area contributed by atoms with Gasteiger partial charge in [-0.2, -0.15) is 5.10 Å². The molecule has 0 aromatic carbocycles. The Balaban J connectivity index is 0.00000200. The molecule has 6 heteroatoms. The zero-order valence-corrected chi connectivity index (χ0v) is 11.0. The summed E-state index contributed by atoms with van der Waals surface area (Å²) in [5, 5.41) is 13.5. The predicted octanol–water partition coefficient (Wildman–Crippen LogP) is 1.66. The van der Waals surface area contributed by atoms with Gasteiger partial charge in [0.05, 0.1) is 18.7 Å². The number of hydrogen-bond acceptors (Lipinski definition) is 4. The van der Waals surface area contributed by atoms with Crippen molar-refractivity contribution in [1.82, 2.24) is 9.78 Å². The molecule has 1 N–H and O–H groups in total. The number of fused-ring (bicyclic) bond motifs is 1. The summed E-state index contributed by atoms with van der Waals surface area (Å²) in [6, 6.07) is 0. The number of methoxy groups -OCH3 is 1. The lowest BCUT2D eigenvalue weighted by Gasteiger charge is -2.16. The average molecular weight is 282 g/mol. The maximum absolute atomic E-state index is 11.0. The summed E-state index contributed by atoms with van der Waals surface area (Å²) in [4.78, 5) is 22.0. The van der Waals surface area contributed by atoms with Crippen LogP contribution in [0.5, 0.6) is 0 Å². The van der Waals surface area contributed by atoms with Crippen LogP contribution in [0.2, 0.25) is 0 Å². The van der Waals surface area contributed by atoms with E-state index in [1.165, 1.54) is 7.11 Å². The van der Waals surface area contributed by atoms with Gasteiger partial charge in [0.15, 0.2) is 0 Å². The van der Waals surface area contributed by atoms with E-state index in [4.69, 9.17) is 5.11 Å². The molecule has 0 fully saturated rings. The quantitative estimate of drug-likeness (QED) is 0.831. The van der Waals surface area contributed by atoms with Crippen molar-refractivity contribution in [3.8, 4) is 0 Å². The third-order valence-corrected chi connectivity index (χ3v) is 3.47. The van der Waals surface area contributed by atoms with Crippen LogP contribution in [0, 0.1) is 5.92 Å². The number of rotatable bonds is 5. The summed E-state index contributed by atoms with van der Waals surface area (Å²) >= 11 is 0. The number of nitrogens with zero attached hydrogens (tertiary/aromatic N) is 2. The molecule has 6 nitrogen and oxygen atoms in total. The van der Waals surface area contributed by atoms with Crippen LogP contribution >= 0.6 is 0 Å². The van der Waals surface area contributed by atoms with Gasteiger partial charge in [0.1, 0.15) is 0 Å². The van der Waals surface area contributed by atoms with Crippen LogP contribution in [-0.2, 0) is 33.7 Å². The van der Waals surface area contributed by atoms with E-state index in [-0.39, 0.29) is 19.3 Å². The fraction of sp³-hybridized carbons (Fsp3) is 0.643. The van der Waals surface area contributed by atoms with E-state index in [1.54, 1.807) is 4.68 Å². The van der Waals surface area contributed by atoms with Gasteiger partial charge in [0, 0.05) is 19.2 Å². The van der Waals surface area contributed by atoms with Gasteiger partial charge in [-0.15, -0.1) is 0 Å². The largest absolute Gasteiger partial charge is 0.481 e. The fourth-order valence-electron chi connectivity index (χ4n) is 2.37. The van der Waals surface area contributed by atoms with Gasteiger partial charge in [-0.1, -0.05) is 7.43 Å². The Morgan fingerprint density at radius 2 is 2.30 bits per heavy atom. The van der Waals surface area contributed by atoms with Crippen LogP contribution in [0.15, 0.2) is 6.20 Å². The maximum Gasteiger partial charge on any atom is 0.306 e. The molecule has 0 radical (unpaired) electrons. The molecule has 1 aromatic rings. The number of carbonyl (C=O) groups excluding carboxylic acids is 1. The van der Waals surface area contributed by atoms with Crippen LogP contribution in [0.3, 0.4) is 0 Å². The Bertz CT molecular complexity index is 482. The minimum Gasteiger partial charge on any atom is -0.481 e. The lowest BCUT2D eigenvalue weighted by Crippen LogP contribution is -2.21. The minimum absolute atomic E-state index is 0. The molecule has 0 saturated heterocycles. The summed E-state index contributed by atoms with van der Waals surface area (Å²) in [6.07, 6.45) is 4.88. The van der Waals surface area contributed by atoms with Crippen LogP contribution in [-0.4, -0.2) is 33.9 Å². The molecular weight excluding hydrogens is 260 g/mol. The topological polar surface area (TPSA) is 81.4 Å². The molecule has 0 aliphatic heterocycles. The van der Waals surface area contributed by atoms with E-state index in [9.17, 15) is 9.59 Å². The predicted molar refractivity (Wildman–Crippen MR) is 73.4 cm³/mol. The van der Waals surface area contributed by atoms with E-state index in [0.717, 1.165) is 17.7 Å². The molecule has 1 aromatic heterocycles. The summed E-state index contributed by atoms with van der Waals surface area (Å²) < 4.78 is 6.38. The molecular formula is C14H22N2O4. The first kappa shape index (κ1) is 16.2. The van der Waals surface area contributed by atoms with E-state index in [2.05, 4.69) is 9.84 Å². The Labute approximate surface area is 118 Å². The number of carbonyl (C=O) groups is 2. The van der Waals surface area contributed by atoms with Gasteiger partial charge >= 0.3 is 11.9 Å². The molecule has 2 rings (SSSR count). The maximum atomic E-state index is 11.0. The van der Waals surface area contributed by atoms with Gasteiger partial charge in [0.2, 0.25) is 0 Å². The van der Waals surface area contributed by atoms with Crippen molar-refractivity contribution in [3.63, 3.8) is 0 Å². The van der Waals surface area contributed by atoms with Crippen LogP contribution in [0.4, 0.5) is 0 Å². The van der Waals surface area contributed by atoms with Gasteiger partial charge in [0.25, 0.3) is 0 Å². The third-order valence-electron chi connectivity index (χ3n) is 3.47. The second-order valence-corrected chi connectivity index (χ2v) is 4.82. The molecule has 1 heterocycles. The number of aliphatic carboxylic acids is 1.